The lowest BCUT2D eigenvalue weighted by atomic mass is 9.97. The van der Waals surface area contributed by atoms with Crippen LogP contribution in [-0.4, -0.2) is 29.0 Å². The fourth-order valence-electron chi connectivity index (χ4n) is 2.35. The zero-order valence-corrected chi connectivity index (χ0v) is 12.7. The Morgan fingerprint density at radius 1 is 1.39 bits per heavy atom. The zero-order chi connectivity index (χ0) is 13.0. The summed E-state index contributed by atoms with van der Waals surface area (Å²) in [5, 5.41) is 9.27. The molecule has 1 fully saturated rings. The predicted octanol–water partition coefficient (Wildman–Crippen LogP) is 3.53. The van der Waals surface area contributed by atoms with Crippen molar-refractivity contribution in [1.82, 2.24) is 4.90 Å². The summed E-state index contributed by atoms with van der Waals surface area (Å²) in [6, 6.07) is 7.00. The minimum atomic E-state index is -0.124. The second-order valence-electron chi connectivity index (χ2n) is 4.81. The highest BCUT2D eigenvalue weighted by Crippen LogP contribution is 2.34. The third-order valence-electron chi connectivity index (χ3n) is 3.70. The molecule has 98 valence electrons. The maximum atomic E-state index is 9.27. The van der Waals surface area contributed by atoms with Crippen LogP contribution in [-0.2, 0) is 13.0 Å². The van der Waals surface area contributed by atoms with Crippen LogP contribution in [0.3, 0.4) is 0 Å². The number of nitriles is 1. The number of thiophene rings is 1. The molecule has 2 nitrogen and oxygen atoms in total. The van der Waals surface area contributed by atoms with E-state index in [0.717, 1.165) is 38.9 Å². The first-order valence-electron chi connectivity index (χ1n) is 6.47. The Bertz CT molecular complexity index is 425. The summed E-state index contributed by atoms with van der Waals surface area (Å²) in [7, 11) is 0. The molecule has 1 aromatic heterocycles. The summed E-state index contributed by atoms with van der Waals surface area (Å²) in [5.41, 5.74) is 0. The van der Waals surface area contributed by atoms with E-state index in [4.69, 9.17) is 0 Å². The Kier molecular flexibility index (Phi) is 4.71. The molecule has 4 heteroatoms. The van der Waals surface area contributed by atoms with Gasteiger partial charge in [0.25, 0.3) is 0 Å². The van der Waals surface area contributed by atoms with E-state index in [-0.39, 0.29) is 4.75 Å². The van der Waals surface area contributed by atoms with E-state index in [0.29, 0.717) is 0 Å². The molecule has 2 rings (SSSR count). The molecule has 0 N–H and O–H groups in total. The third-order valence-corrected chi connectivity index (χ3v) is 6.20. The minimum absolute atomic E-state index is 0.124. The first kappa shape index (κ1) is 13.9. The molecule has 1 aromatic rings. The van der Waals surface area contributed by atoms with Crippen LogP contribution in [0.1, 0.15) is 29.5 Å². The van der Waals surface area contributed by atoms with Crippen LogP contribution in [0, 0.1) is 11.3 Å². The van der Waals surface area contributed by atoms with Crippen molar-refractivity contribution in [2.45, 2.75) is 37.5 Å². The molecular weight excluding hydrogens is 260 g/mol. The fraction of sp³-hybridized carbons (Fsp3) is 0.643. The van der Waals surface area contributed by atoms with Gasteiger partial charge in [-0.3, -0.25) is 4.90 Å². The molecule has 0 saturated carbocycles. The van der Waals surface area contributed by atoms with Gasteiger partial charge in [-0.25, -0.2) is 0 Å². The maximum absolute atomic E-state index is 9.27. The molecule has 1 saturated heterocycles. The van der Waals surface area contributed by atoms with Crippen LogP contribution < -0.4 is 0 Å². The summed E-state index contributed by atoms with van der Waals surface area (Å²) in [6.07, 6.45) is 5.19. The molecule has 0 unspecified atom stereocenters. The van der Waals surface area contributed by atoms with Crippen molar-refractivity contribution in [3.8, 4) is 6.07 Å². The van der Waals surface area contributed by atoms with Crippen molar-refractivity contribution >= 4 is 23.1 Å². The molecule has 1 aliphatic heterocycles. The molecule has 0 atom stereocenters. The Hall–Kier alpha value is -0.500. The Morgan fingerprint density at radius 3 is 2.56 bits per heavy atom. The van der Waals surface area contributed by atoms with Crippen molar-refractivity contribution in [3.63, 3.8) is 0 Å². The lowest BCUT2D eigenvalue weighted by molar-refractivity contribution is 0.211. The van der Waals surface area contributed by atoms with Crippen molar-refractivity contribution in [1.29, 1.82) is 5.26 Å². The van der Waals surface area contributed by atoms with Gasteiger partial charge in [-0.2, -0.15) is 5.26 Å². The molecule has 0 aromatic carbocycles. The SMILES string of the molecule is CCc1ccc(CN2CCC(C#N)(SC)CC2)s1. The Labute approximate surface area is 118 Å². The number of piperidine rings is 1. The number of likely N-dealkylation sites (tertiary alicyclic amines) is 1. The van der Waals surface area contributed by atoms with Crippen molar-refractivity contribution < 1.29 is 0 Å². The molecule has 0 spiro atoms. The van der Waals surface area contributed by atoms with E-state index < -0.39 is 0 Å². The lowest BCUT2D eigenvalue weighted by Gasteiger charge is -2.35. The Morgan fingerprint density at radius 2 is 2.06 bits per heavy atom. The number of thioether (sulfide) groups is 1. The minimum Gasteiger partial charge on any atom is -0.298 e. The first-order valence-corrected chi connectivity index (χ1v) is 8.52. The van der Waals surface area contributed by atoms with Gasteiger partial charge in [0, 0.05) is 29.4 Å². The van der Waals surface area contributed by atoms with Gasteiger partial charge in [-0.05, 0) is 37.7 Å². The highest BCUT2D eigenvalue weighted by Gasteiger charge is 2.33. The van der Waals surface area contributed by atoms with Gasteiger partial charge in [0.15, 0.2) is 0 Å². The van der Waals surface area contributed by atoms with Crippen molar-refractivity contribution in [2.75, 3.05) is 19.3 Å². The smallest absolute Gasteiger partial charge is 0.104 e. The summed E-state index contributed by atoms with van der Waals surface area (Å²) >= 11 is 3.65. The molecule has 0 aliphatic carbocycles. The Balaban J connectivity index is 1.89. The van der Waals surface area contributed by atoms with Crippen molar-refractivity contribution in [2.24, 2.45) is 0 Å². The zero-order valence-electron chi connectivity index (χ0n) is 11.1. The van der Waals surface area contributed by atoms with Crippen LogP contribution in [0.25, 0.3) is 0 Å². The average Bonchev–Trinajstić information content (AvgIpc) is 2.88. The highest BCUT2D eigenvalue weighted by molar-refractivity contribution is 8.00. The predicted molar refractivity (Wildman–Crippen MR) is 80.1 cm³/mol. The van der Waals surface area contributed by atoms with E-state index in [1.54, 1.807) is 11.8 Å². The molecular formula is C14H20N2S2. The lowest BCUT2D eigenvalue weighted by Crippen LogP contribution is -2.40. The number of nitrogens with zero attached hydrogens (tertiary/aromatic N) is 2. The van der Waals surface area contributed by atoms with Crippen LogP contribution in [0.4, 0.5) is 0 Å². The summed E-state index contributed by atoms with van der Waals surface area (Å²) in [5.74, 6) is 0. The van der Waals surface area contributed by atoms with Crippen LogP contribution in [0.5, 0.6) is 0 Å². The van der Waals surface area contributed by atoms with Gasteiger partial charge in [0.1, 0.15) is 4.75 Å². The van der Waals surface area contributed by atoms with Gasteiger partial charge in [-0.15, -0.1) is 23.1 Å². The van der Waals surface area contributed by atoms with E-state index >= 15 is 0 Å². The van der Waals surface area contributed by atoms with E-state index in [1.165, 1.54) is 9.75 Å². The van der Waals surface area contributed by atoms with Gasteiger partial charge in [-0.1, -0.05) is 6.92 Å². The number of hydrogen-bond donors (Lipinski definition) is 0. The van der Waals surface area contributed by atoms with Crippen molar-refractivity contribution in [3.05, 3.63) is 21.9 Å². The number of hydrogen-bond acceptors (Lipinski definition) is 4. The number of rotatable bonds is 4. The normalized spacial score (nSPS) is 19.6. The standard InChI is InChI=1S/C14H20N2S2/c1-3-12-4-5-13(18-12)10-16-8-6-14(11-15,17-2)7-9-16/h4-5H,3,6-10H2,1-2H3. The van der Waals surface area contributed by atoms with Gasteiger partial charge in [0.05, 0.1) is 6.07 Å². The molecule has 0 amide bonds. The van der Waals surface area contributed by atoms with Crippen LogP contribution in [0.2, 0.25) is 0 Å². The maximum Gasteiger partial charge on any atom is 0.104 e. The highest BCUT2D eigenvalue weighted by atomic mass is 32.2. The van der Waals surface area contributed by atoms with Crippen LogP contribution >= 0.6 is 23.1 Å². The average molecular weight is 280 g/mol. The van der Waals surface area contributed by atoms with E-state index in [9.17, 15) is 5.26 Å². The van der Waals surface area contributed by atoms with Gasteiger partial charge >= 0.3 is 0 Å². The molecule has 1 aliphatic rings. The second kappa shape index (κ2) is 6.10. The fourth-order valence-corrected chi connectivity index (χ4v) is 4.03. The first-order chi connectivity index (χ1) is 8.71. The van der Waals surface area contributed by atoms with Gasteiger partial charge < -0.3 is 0 Å². The molecule has 0 bridgehead atoms. The molecule has 18 heavy (non-hydrogen) atoms. The number of aryl methyl sites for hydroxylation is 1. The second-order valence-corrected chi connectivity index (χ2v) is 7.25. The summed E-state index contributed by atoms with van der Waals surface area (Å²) in [6.45, 7) is 5.36. The molecule has 2 heterocycles. The van der Waals surface area contributed by atoms with Crippen LogP contribution in [0.15, 0.2) is 12.1 Å². The third kappa shape index (κ3) is 3.09. The summed E-state index contributed by atoms with van der Waals surface area (Å²) in [4.78, 5) is 5.41. The van der Waals surface area contributed by atoms with E-state index in [1.807, 2.05) is 11.3 Å². The largest absolute Gasteiger partial charge is 0.298 e. The monoisotopic (exact) mass is 280 g/mol. The summed E-state index contributed by atoms with van der Waals surface area (Å²) < 4.78 is -0.124. The molecule has 0 radical (unpaired) electrons. The van der Waals surface area contributed by atoms with E-state index in [2.05, 4.69) is 36.3 Å². The van der Waals surface area contributed by atoms with Gasteiger partial charge in [0.2, 0.25) is 0 Å². The topological polar surface area (TPSA) is 27.0 Å². The quantitative estimate of drug-likeness (QED) is 0.844.